The van der Waals surface area contributed by atoms with Crippen LogP contribution in [0.4, 0.5) is 0 Å². The number of rotatable bonds is 3. The van der Waals surface area contributed by atoms with Crippen molar-refractivity contribution in [1.29, 1.82) is 0 Å². The zero-order valence-corrected chi connectivity index (χ0v) is 23.1. The molecule has 1 amide bonds. The van der Waals surface area contributed by atoms with Gasteiger partial charge in [0.2, 0.25) is 0 Å². The van der Waals surface area contributed by atoms with Gasteiger partial charge in [0.25, 0.3) is 5.91 Å². The van der Waals surface area contributed by atoms with Gasteiger partial charge in [-0.1, -0.05) is 25.0 Å². The minimum absolute atomic E-state index is 0. The number of terminal acetylenes is 1. The van der Waals surface area contributed by atoms with E-state index in [1.54, 1.807) is 17.3 Å². The van der Waals surface area contributed by atoms with Gasteiger partial charge < -0.3 is 24.7 Å². The summed E-state index contributed by atoms with van der Waals surface area (Å²) in [4.78, 5) is 28.2. The van der Waals surface area contributed by atoms with Crippen molar-refractivity contribution in [2.45, 2.75) is 32.7 Å². The Morgan fingerprint density at radius 1 is 1.17 bits per heavy atom. The van der Waals surface area contributed by atoms with Crippen molar-refractivity contribution in [3.05, 3.63) is 85.4 Å². The molecule has 0 saturated carbocycles. The van der Waals surface area contributed by atoms with E-state index in [-0.39, 0.29) is 44.7 Å². The number of carbonyl (C=O) groups excluding carboxylic acids is 1. The second kappa shape index (κ2) is 11.7. The monoisotopic (exact) mass is 538 g/mol. The standard InChI is InChI=1S/C24H19N5O.C4H8.Y/c1-4-15-7-6-8-18-22(15)29-21-11-16(17-12-25-14-26-13-17)9-10-19(21)27-23(29)20(5-2)28(3)24(18)30;1-3-4-2;/h1,6-14,20H,5H2,2-3H3;4H,1,3H2,2H3;/q;-2;. The summed E-state index contributed by atoms with van der Waals surface area (Å²) < 4.78 is 2.06. The van der Waals surface area contributed by atoms with Gasteiger partial charge in [0.05, 0.1) is 28.3 Å². The number of hydrogen-bond donors (Lipinski definition) is 0. The number of amides is 1. The van der Waals surface area contributed by atoms with Crippen molar-refractivity contribution in [1.82, 2.24) is 24.4 Å². The molecule has 0 saturated heterocycles. The predicted octanol–water partition coefficient (Wildman–Crippen LogP) is 5.43. The van der Waals surface area contributed by atoms with Crippen LogP contribution in [0.5, 0.6) is 0 Å². The molecule has 4 aromatic rings. The maximum Gasteiger partial charge on any atom is 0.256 e. The van der Waals surface area contributed by atoms with Gasteiger partial charge in [0.15, 0.2) is 0 Å². The Hall–Kier alpha value is -2.88. The van der Waals surface area contributed by atoms with Gasteiger partial charge in [-0.2, -0.15) is 6.92 Å². The van der Waals surface area contributed by atoms with E-state index in [2.05, 4.69) is 40.4 Å². The molecule has 0 aliphatic carbocycles. The molecule has 0 N–H and O–H groups in total. The fourth-order valence-corrected chi connectivity index (χ4v) is 4.21. The van der Waals surface area contributed by atoms with Crippen LogP contribution < -0.4 is 0 Å². The van der Waals surface area contributed by atoms with E-state index in [0.717, 1.165) is 40.8 Å². The summed E-state index contributed by atoms with van der Waals surface area (Å²) >= 11 is 0. The third-order valence-electron chi connectivity index (χ3n) is 5.98. The molecular formula is C28H27N5OY-2. The van der Waals surface area contributed by atoms with Gasteiger partial charge in [-0.25, -0.2) is 15.0 Å². The van der Waals surface area contributed by atoms with Crippen molar-refractivity contribution < 1.29 is 37.5 Å². The predicted molar refractivity (Wildman–Crippen MR) is 135 cm³/mol. The first-order valence-corrected chi connectivity index (χ1v) is 11.3. The van der Waals surface area contributed by atoms with Gasteiger partial charge in [-0.3, -0.25) is 9.36 Å². The molecule has 0 bridgehead atoms. The van der Waals surface area contributed by atoms with Crippen molar-refractivity contribution >= 4 is 16.9 Å². The van der Waals surface area contributed by atoms with Gasteiger partial charge in [-0.05, 0) is 36.2 Å². The molecule has 175 valence electrons. The fourth-order valence-electron chi connectivity index (χ4n) is 4.21. The Labute approximate surface area is 232 Å². The number of imidazole rings is 1. The summed E-state index contributed by atoms with van der Waals surface area (Å²) in [6, 6.07) is 11.4. The maximum absolute atomic E-state index is 13.3. The topological polar surface area (TPSA) is 63.9 Å². The second-order valence-corrected chi connectivity index (χ2v) is 8.02. The zero-order chi connectivity index (χ0) is 24.2. The third kappa shape index (κ3) is 4.94. The first-order valence-electron chi connectivity index (χ1n) is 11.3. The SMILES string of the molecule is C#Cc1cccc2c1-n1c(nc3ccc(-c4cncnc4)cc31)C(CC)N(C)C2=O.[CH2-]C[CH-]C.[Y]. The smallest absolute Gasteiger partial charge is 0.256 e. The molecule has 3 heterocycles. The largest absolute Gasteiger partial charge is 0.372 e. The number of para-hydroxylation sites is 1. The number of hydrogen-bond acceptors (Lipinski definition) is 4. The molecule has 1 radical (unpaired) electrons. The maximum atomic E-state index is 13.3. The Morgan fingerprint density at radius 2 is 1.89 bits per heavy atom. The number of carbonyl (C=O) groups is 1. The summed E-state index contributed by atoms with van der Waals surface area (Å²) in [5.74, 6) is 3.51. The van der Waals surface area contributed by atoms with Gasteiger partial charge >= 0.3 is 0 Å². The van der Waals surface area contributed by atoms with Crippen LogP contribution in [-0.4, -0.2) is 37.4 Å². The van der Waals surface area contributed by atoms with Crippen LogP contribution in [-0.2, 0) is 32.7 Å². The van der Waals surface area contributed by atoms with Gasteiger partial charge in [-0.15, -0.1) is 6.42 Å². The minimum atomic E-state index is -0.161. The molecule has 1 unspecified atom stereocenters. The second-order valence-electron chi connectivity index (χ2n) is 8.02. The summed E-state index contributed by atoms with van der Waals surface area (Å²) in [7, 11) is 1.82. The number of unbranched alkanes of at least 4 members (excludes halogenated alkanes) is 1. The van der Waals surface area contributed by atoms with Crippen molar-refractivity contribution in [2.24, 2.45) is 0 Å². The Morgan fingerprint density at radius 3 is 2.51 bits per heavy atom. The van der Waals surface area contributed by atoms with E-state index in [9.17, 15) is 4.79 Å². The van der Waals surface area contributed by atoms with E-state index in [0.29, 0.717) is 16.8 Å². The molecule has 0 fully saturated rings. The van der Waals surface area contributed by atoms with Crippen LogP contribution in [0.2, 0.25) is 0 Å². The van der Waals surface area contributed by atoms with Crippen molar-refractivity contribution in [3.63, 3.8) is 0 Å². The van der Waals surface area contributed by atoms with Crippen molar-refractivity contribution in [2.75, 3.05) is 7.05 Å². The first kappa shape index (κ1) is 26.7. The minimum Gasteiger partial charge on any atom is -0.372 e. The first-order chi connectivity index (χ1) is 16.5. The molecule has 2 aromatic carbocycles. The van der Waals surface area contributed by atoms with Crippen LogP contribution in [0.15, 0.2) is 55.1 Å². The number of aromatic nitrogens is 4. The molecule has 1 atom stereocenters. The van der Waals surface area contributed by atoms with E-state index < -0.39 is 0 Å². The molecule has 35 heavy (non-hydrogen) atoms. The number of fused-ring (bicyclic) bond motifs is 5. The average molecular weight is 538 g/mol. The molecule has 1 aliphatic rings. The average Bonchev–Trinajstić information content (AvgIpc) is 3.22. The molecule has 2 aromatic heterocycles. The Bertz CT molecular complexity index is 1370. The number of benzene rings is 2. The molecule has 5 rings (SSSR count). The van der Waals surface area contributed by atoms with E-state index in [4.69, 9.17) is 11.4 Å². The summed E-state index contributed by atoms with van der Waals surface area (Å²) in [5.41, 5.74) is 5.60. The van der Waals surface area contributed by atoms with E-state index in [1.165, 1.54) is 6.33 Å². The number of nitrogens with zero attached hydrogens (tertiary/aromatic N) is 5. The molecule has 1 aliphatic heterocycles. The van der Waals surface area contributed by atoms with Crippen LogP contribution in [0.25, 0.3) is 27.8 Å². The van der Waals surface area contributed by atoms with Crippen LogP contribution in [0, 0.1) is 25.7 Å². The van der Waals surface area contributed by atoms with Gasteiger partial charge in [0.1, 0.15) is 12.2 Å². The molecule has 7 heteroatoms. The van der Waals surface area contributed by atoms with Crippen molar-refractivity contribution in [3.8, 4) is 29.2 Å². The van der Waals surface area contributed by atoms with E-state index in [1.807, 2.05) is 50.7 Å². The van der Waals surface area contributed by atoms with Crippen LogP contribution in [0.1, 0.15) is 54.5 Å². The van der Waals surface area contributed by atoms with Gasteiger partial charge in [0, 0.05) is 63.3 Å². The molecule has 6 nitrogen and oxygen atoms in total. The van der Waals surface area contributed by atoms with Crippen LogP contribution >= 0.6 is 0 Å². The molecule has 0 spiro atoms. The Kier molecular flexibility index (Phi) is 8.94. The quantitative estimate of drug-likeness (QED) is 0.258. The fraction of sp³-hybridized carbons (Fsp3) is 0.214. The molecular weight excluding hydrogens is 511 g/mol. The summed E-state index contributed by atoms with van der Waals surface area (Å²) in [6.07, 6.45) is 14.6. The zero-order valence-electron chi connectivity index (χ0n) is 20.3. The third-order valence-corrected chi connectivity index (χ3v) is 5.98. The van der Waals surface area contributed by atoms with Crippen LogP contribution in [0.3, 0.4) is 0 Å². The summed E-state index contributed by atoms with van der Waals surface area (Å²) in [6.45, 7) is 7.60. The summed E-state index contributed by atoms with van der Waals surface area (Å²) in [5, 5.41) is 0. The Balaban J connectivity index is 0.000000638. The van der Waals surface area contributed by atoms with E-state index >= 15 is 0 Å². The normalized spacial score (nSPS) is 14.1.